The van der Waals surface area contributed by atoms with Crippen molar-refractivity contribution in [2.75, 3.05) is 11.9 Å². The van der Waals surface area contributed by atoms with E-state index in [1.54, 1.807) is 10.9 Å². The Morgan fingerprint density at radius 3 is 2.75 bits per heavy atom. The fourth-order valence-electron chi connectivity index (χ4n) is 2.62. The zero-order valence-electron chi connectivity index (χ0n) is 15.0. The standard InChI is InChI=1S/C19H27N3O2/c1-5-8-17-18(13-21-22(14(3)4)19(17)23)20-12-15-9-7-10-16(11-15)24-6-2/h7,9-11,13-14,20H,5-6,8,12H2,1-4H3. The third-order valence-electron chi connectivity index (χ3n) is 3.78. The van der Waals surface area contributed by atoms with Crippen LogP contribution in [0.25, 0.3) is 0 Å². The second-order valence-corrected chi connectivity index (χ2v) is 6.06. The Labute approximate surface area is 143 Å². The van der Waals surface area contributed by atoms with Gasteiger partial charge in [-0.1, -0.05) is 25.5 Å². The Balaban J connectivity index is 2.21. The summed E-state index contributed by atoms with van der Waals surface area (Å²) in [6.45, 7) is 9.26. The molecule has 24 heavy (non-hydrogen) atoms. The first-order valence-electron chi connectivity index (χ1n) is 8.63. The molecule has 130 valence electrons. The summed E-state index contributed by atoms with van der Waals surface area (Å²) in [4.78, 5) is 12.6. The maximum absolute atomic E-state index is 12.6. The van der Waals surface area contributed by atoms with Crippen LogP contribution in [0.2, 0.25) is 0 Å². The van der Waals surface area contributed by atoms with Gasteiger partial charge in [0.1, 0.15) is 5.75 Å². The van der Waals surface area contributed by atoms with Gasteiger partial charge in [-0.25, -0.2) is 4.68 Å². The Kier molecular flexibility index (Phi) is 6.41. The number of anilines is 1. The molecule has 0 bridgehead atoms. The fraction of sp³-hybridized carbons (Fsp3) is 0.474. The van der Waals surface area contributed by atoms with Crippen molar-refractivity contribution in [3.63, 3.8) is 0 Å². The van der Waals surface area contributed by atoms with Crippen LogP contribution in [0, 0.1) is 0 Å². The Hall–Kier alpha value is -2.30. The van der Waals surface area contributed by atoms with Gasteiger partial charge in [-0.2, -0.15) is 5.10 Å². The lowest BCUT2D eigenvalue weighted by molar-refractivity contribution is 0.340. The fourth-order valence-corrected chi connectivity index (χ4v) is 2.62. The molecule has 2 aromatic rings. The number of hydrogen-bond donors (Lipinski definition) is 1. The molecule has 1 heterocycles. The smallest absolute Gasteiger partial charge is 0.272 e. The molecule has 1 N–H and O–H groups in total. The van der Waals surface area contributed by atoms with Crippen LogP contribution in [0.1, 0.15) is 51.3 Å². The zero-order chi connectivity index (χ0) is 17.5. The van der Waals surface area contributed by atoms with Crippen LogP contribution >= 0.6 is 0 Å². The number of ether oxygens (including phenoxy) is 1. The van der Waals surface area contributed by atoms with Crippen molar-refractivity contribution in [3.05, 3.63) is 51.9 Å². The summed E-state index contributed by atoms with van der Waals surface area (Å²) in [5.41, 5.74) is 2.74. The number of aromatic nitrogens is 2. The van der Waals surface area contributed by atoms with Crippen molar-refractivity contribution in [1.82, 2.24) is 9.78 Å². The van der Waals surface area contributed by atoms with Gasteiger partial charge >= 0.3 is 0 Å². The summed E-state index contributed by atoms with van der Waals surface area (Å²) in [5.74, 6) is 0.860. The van der Waals surface area contributed by atoms with E-state index >= 15 is 0 Å². The van der Waals surface area contributed by atoms with E-state index in [4.69, 9.17) is 4.74 Å². The molecule has 0 atom stereocenters. The zero-order valence-corrected chi connectivity index (χ0v) is 15.0. The lowest BCUT2D eigenvalue weighted by Gasteiger charge is -2.15. The van der Waals surface area contributed by atoms with E-state index in [-0.39, 0.29) is 11.6 Å². The molecule has 0 unspecified atom stereocenters. The minimum absolute atomic E-state index is 0.0000768. The van der Waals surface area contributed by atoms with Crippen LogP contribution in [0.4, 0.5) is 5.69 Å². The van der Waals surface area contributed by atoms with Crippen molar-refractivity contribution in [1.29, 1.82) is 0 Å². The van der Waals surface area contributed by atoms with Crippen molar-refractivity contribution >= 4 is 5.69 Å². The molecule has 0 saturated carbocycles. The van der Waals surface area contributed by atoms with Gasteiger partial charge in [0, 0.05) is 12.1 Å². The first-order valence-corrected chi connectivity index (χ1v) is 8.63. The maximum atomic E-state index is 12.6. The third-order valence-corrected chi connectivity index (χ3v) is 3.78. The first kappa shape index (κ1) is 18.0. The number of nitrogens with one attached hydrogen (secondary N) is 1. The predicted octanol–water partition coefficient (Wildman–Crippen LogP) is 3.79. The van der Waals surface area contributed by atoms with Crippen LogP contribution in [0.15, 0.2) is 35.3 Å². The molecule has 0 aliphatic rings. The van der Waals surface area contributed by atoms with E-state index < -0.39 is 0 Å². The number of rotatable bonds is 8. The Morgan fingerprint density at radius 2 is 2.08 bits per heavy atom. The molecule has 0 aliphatic heterocycles. The van der Waals surface area contributed by atoms with Gasteiger partial charge in [0.2, 0.25) is 0 Å². The van der Waals surface area contributed by atoms with Gasteiger partial charge in [0.25, 0.3) is 5.56 Å². The molecule has 0 saturated heterocycles. The average molecular weight is 329 g/mol. The molecular weight excluding hydrogens is 302 g/mol. The van der Waals surface area contributed by atoms with Crippen LogP contribution in [0.5, 0.6) is 5.75 Å². The van der Waals surface area contributed by atoms with Crippen molar-refractivity contribution in [2.24, 2.45) is 0 Å². The molecule has 1 aromatic carbocycles. The number of hydrogen-bond acceptors (Lipinski definition) is 4. The second kappa shape index (κ2) is 8.52. The van der Waals surface area contributed by atoms with E-state index in [0.717, 1.165) is 35.4 Å². The molecule has 0 fully saturated rings. The lowest BCUT2D eigenvalue weighted by atomic mass is 10.1. The Bertz CT molecular complexity index is 723. The minimum atomic E-state index is -0.0000768. The quantitative estimate of drug-likeness (QED) is 0.800. The molecule has 1 aromatic heterocycles. The summed E-state index contributed by atoms with van der Waals surface area (Å²) in [6.07, 6.45) is 3.43. The summed E-state index contributed by atoms with van der Waals surface area (Å²) < 4.78 is 7.08. The van der Waals surface area contributed by atoms with Gasteiger partial charge < -0.3 is 10.1 Å². The van der Waals surface area contributed by atoms with E-state index in [0.29, 0.717) is 13.2 Å². The molecule has 0 amide bonds. The van der Waals surface area contributed by atoms with Crippen LogP contribution in [-0.2, 0) is 13.0 Å². The van der Waals surface area contributed by atoms with E-state index in [2.05, 4.69) is 17.3 Å². The van der Waals surface area contributed by atoms with Crippen molar-refractivity contribution in [2.45, 2.75) is 53.1 Å². The summed E-state index contributed by atoms with van der Waals surface area (Å²) >= 11 is 0. The largest absolute Gasteiger partial charge is 0.494 e. The monoisotopic (exact) mass is 329 g/mol. The molecule has 5 nitrogen and oxygen atoms in total. The van der Waals surface area contributed by atoms with Gasteiger partial charge in [0.05, 0.1) is 24.5 Å². The predicted molar refractivity (Wildman–Crippen MR) is 97.8 cm³/mol. The highest BCUT2D eigenvalue weighted by Gasteiger charge is 2.12. The van der Waals surface area contributed by atoms with Gasteiger partial charge in [0.15, 0.2) is 0 Å². The van der Waals surface area contributed by atoms with E-state index in [9.17, 15) is 4.79 Å². The summed E-state index contributed by atoms with van der Waals surface area (Å²) in [7, 11) is 0. The highest BCUT2D eigenvalue weighted by molar-refractivity contribution is 5.48. The van der Waals surface area contributed by atoms with Crippen LogP contribution in [-0.4, -0.2) is 16.4 Å². The minimum Gasteiger partial charge on any atom is -0.494 e. The normalized spacial score (nSPS) is 10.9. The van der Waals surface area contributed by atoms with Crippen molar-refractivity contribution in [3.8, 4) is 5.75 Å². The van der Waals surface area contributed by atoms with Gasteiger partial charge in [-0.05, 0) is 44.9 Å². The van der Waals surface area contributed by atoms with E-state index in [1.807, 2.05) is 45.0 Å². The third kappa shape index (κ3) is 4.37. The SMILES string of the molecule is CCCc1c(NCc2cccc(OCC)c2)cnn(C(C)C)c1=O. The highest BCUT2D eigenvalue weighted by atomic mass is 16.5. The molecule has 2 rings (SSSR count). The van der Waals surface area contributed by atoms with Crippen LogP contribution < -0.4 is 15.6 Å². The molecule has 5 heteroatoms. The topological polar surface area (TPSA) is 56.1 Å². The second-order valence-electron chi connectivity index (χ2n) is 6.06. The maximum Gasteiger partial charge on any atom is 0.272 e. The van der Waals surface area contributed by atoms with E-state index in [1.165, 1.54) is 0 Å². The summed E-state index contributed by atoms with van der Waals surface area (Å²) in [5, 5.41) is 7.66. The number of nitrogens with zero attached hydrogens (tertiary/aromatic N) is 2. The molecule has 0 radical (unpaired) electrons. The molecule has 0 aliphatic carbocycles. The number of benzene rings is 1. The molecule has 0 spiro atoms. The van der Waals surface area contributed by atoms with Crippen molar-refractivity contribution < 1.29 is 4.74 Å². The average Bonchev–Trinajstić information content (AvgIpc) is 2.56. The Morgan fingerprint density at radius 1 is 1.29 bits per heavy atom. The molecular formula is C19H27N3O2. The first-order chi connectivity index (χ1) is 11.6. The van der Waals surface area contributed by atoms with Gasteiger partial charge in [-0.15, -0.1) is 0 Å². The summed E-state index contributed by atoms with van der Waals surface area (Å²) in [6, 6.07) is 8.03. The highest BCUT2D eigenvalue weighted by Crippen LogP contribution is 2.17. The van der Waals surface area contributed by atoms with Gasteiger partial charge in [-0.3, -0.25) is 4.79 Å². The van der Waals surface area contributed by atoms with Crippen LogP contribution in [0.3, 0.4) is 0 Å². The lowest BCUT2D eigenvalue weighted by Crippen LogP contribution is -2.28.